The summed E-state index contributed by atoms with van der Waals surface area (Å²) in [4.78, 5) is 11.7. The number of nitrogens with one attached hydrogen (secondary N) is 1. The van der Waals surface area contributed by atoms with Crippen LogP contribution in [0.3, 0.4) is 0 Å². The van der Waals surface area contributed by atoms with Crippen molar-refractivity contribution >= 4 is 5.91 Å². The van der Waals surface area contributed by atoms with Crippen LogP contribution in [0.4, 0.5) is 4.39 Å². The molecule has 0 aromatic heterocycles. The number of aliphatic hydroxyl groups is 1. The van der Waals surface area contributed by atoms with Gasteiger partial charge in [0.05, 0.1) is 12.0 Å². The molecule has 0 heterocycles. The second kappa shape index (κ2) is 5.06. The van der Waals surface area contributed by atoms with Gasteiger partial charge in [-0.05, 0) is 43.4 Å². The molecule has 2 N–H and O–H groups in total. The molecule has 2 rings (SSSR count). The van der Waals surface area contributed by atoms with Gasteiger partial charge in [-0.25, -0.2) is 4.39 Å². The number of aryl methyl sites for hydroxylation is 1. The molecule has 0 bridgehead atoms. The Morgan fingerprint density at radius 2 is 2.22 bits per heavy atom. The Balaban J connectivity index is 1.82. The molecule has 1 aliphatic carbocycles. The lowest BCUT2D eigenvalue weighted by Crippen LogP contribution is -2.35. The topological polar surface area (TPSA) is 49.3 Å². The second-order valence-corrected chi connectivity index (χ2v) is 5.03. The van der Waals surface area contributed by atoms with E-state index in [0.29, 0.717) is 18.5 Å². The minimum atomic E-state index is -0.515. The Hall–Kier alpha value is -1.42. The number of hydrogen-bond acceptors (Lipinski definition) is 2. The van der Waals surface area contributed by atoms with Crippen molar-refractivity contribution in [3.63, 3.8) is 0 Å². The number of carbonyl (C=O) groups excluding carboxylic acids is 1. The van der Waals surface area contributed by atoms with Gasteiger partial charge in [-0.1, -0.05) is 12.1 Å². The molecular weight excluding hydrogens is 233 g/mol. The summed E-state index contributed by atoms with van der Waals surface area (Å²) in [5, 5.41) is 11.9. The Bertz CT molecular complexity index is 455. The van der Waals surface area contributed by atoms with Gasteiger partial charge in [-0.15, -0.1) is 0 Å². The van der Waals surface area contributed by atoms with Crippen LogP contribution < -0.4 is 5.32 Å². The standard InChI is InChI=1S/C14H18FNO2/c1-10-8-11(2-3-12(10)15)4-7-16-13(18)14(9-17)5-6-14/h2-3,8,17H,4-7,9H2,1H3,(H,16,18). The molecule has 1 saturated carbocycles. The van der Waals surface area contributed by atoms with Crippen LogP contribution in [-0.2, 0) is 11.2 Å². The van der Waals surface area contributed by atoms with E-state index in [0.717, 1.165) is 18.4 Å². The first-order valence-electron chi connectivity index (χ1n) is 6.22. The number of benzene rings is 1. The molecule has 0 unspecified atom stereocenters. The van der Waals surface area contributed by atoms with Gasteiger partial charge < -0.3 is 10.4 Å². The van der Waals surface area contributed by atoms with Gasteiger partial charge in [0.15, 0.2) is 0 Å². The van der Waals surface area contributed by atoms with E-state index in [1.807, 2.05) is 0 Å². The molecule has 18 heavy (non-hydrogen) atoms. The SMILES string of the molecule is Cc1cc(CCNC(=O)C2(CO)CC2)ccc1F. The van der Waals surface area contributed by atoms with Gasteiger partial charge >= 0.3 is 0 Å². The van der Waals surface area contributed by atoms with Crippen molar-refractivity contribution in [1.82, 2.24) is 5.32 Å². The number of rotatable bonds is 5. The maximum atomic E-state index is 13.1. The van der Waals surface area contributed by atoms with E-state index in [4.69, 9.17) is 5.11 Å². The lowest BCUT2D eigenvalue weighted by Gasteiger charge is -2.12. The van der Waals surface area contributed by atoms with Crippen LogP contribution in [0, 0.1) is 18.2 Å². The van der Waals surface area contributed by atoms with Crippen molar-refractivity contribution in [1.29, 1.82) is 0 Å². The summed E-state index contributed by atoms with van der Waals surface area (Å²) < 4.78 is 13.1. The zero-order valence-corrected chi connectivity index (χ0v) is 10.5. The molecule has 1 aromatic rings. The summed E-state index contributed by atoms with van der Waals surface area (Å²) in [6.07, 6.45) is 2.21. The third kappa shape index (κ3) is 2.70. The molecule has 0 spiro atoms. The first-order valence-corrected chi connectivity index (χ1v) is 6.22. The lowest BCUT2D eigenvalue weighted by molar-refractivity contribution is -0.127. The fourth-order valence-corrected chi connectivity index (χ4v) is 1.98. The normalized spacial score (nSPS) is 16.4. The fourth-order valence-electron chi connectivity index (χ4n) is 1.98. The second-order valence-electron chi connectivity index (χ2n) is 5.03. The quantitative estimate of drug-likeness (QED) is 0.834. The van der Waals surface area contributed by atoms with E-state index in [1.165, 1.54) is 6.07 Å². The average Bonchev–Trinajstić information content (AvgIpc) is 3.14. The predicted molar refractivity (Wildman–Crippen MR) is 66.6 cm³/mol. The van der Waals surface area contributed by atoms with E-state index in [2.05, 4.69) is 5.32 Å². The van der Waals surface area contributed by atoms with Gasteiger partial charge in [0.1, 0.15) is 5.82 Å². The zero-order valence-electron chi connectivity index (χ0n) is 10.5. The number of carbonyl (C=O) groups is 1. The fraction of sp³-hybridized carbons (Fsp3) is 0.500. The molecule has 1 aromatic carbocycles. The third-order valence-electron chi connectivity index (χ3n) is 3.56. The van der Waals surface area contributed by atoms with Gasteiger partial charge in [0, 0.05) is 6.54 Å². The lowest BCUT2D eigenvalue weighted by atomic mass is 10.1. The zero-order chi connectivity index (χ0) is 13.2. The average molecular weight is 251 g/mol. The molecule has 0 radical (unpaired) electrons. The van der Waals surface area contributed by atoms with E-state index < -0.39 is 5.41 Å². The van der Waals surface area contributed by atoms with Crippen molar-refractivity contribution in [2.75, 3.05) is 13.2 Å². The maximum absolute atomic E-state index is 13.1. The van der Waals surface area contributed by atoms with Gasteiger partial charge in [0.2, 0.25) is 5.91 Å². The summed E-state index contributed by atoms with van der Waals surface area (Å²) in [5.74, 6) is -0.274. The van der Waals surface area contributed by atoms with Gasteiger partial charge in [0.25, 0.3) is 0 Å². The van der Waals surface area contributed by atoms with Gasteiger partial charge in [-0.3, -0.25) is 4.79 Å². The van der Waals surface area contributed by atoms with Crippen LogP contribution in [0.25, 0.3) is 0 Å². The van der Waals surface area contributed by atoms with E-state index in [-0.39, 0.29) is 18.3 Å². The Kier molecular flexibility index (Phi) is 3.66. The molecule has 1 amide bonds. The van der Waals surface area contributed by atoms with Crippen molar-refractivity contribution in [3.8, 4) is 0 Å². The monoisotopic (exact) mass is 251 g/mol. The van der Waals surface area contributed by atoms with Crippen LogP contribution in [0.2, 0.25) is 0 Å². The largest absolute Gasteiger partial charge is 0.395 e. The molecule has 3 nitrogen and oxygen atoms in total. The summed E-state index contributed by atoms with van der Waals surface area (Å²) >= 11 is 0. The van der Waals surface area contributed by atoms with Gasteiger partial charge in [-0.2, -0.15) is 0 Å². The highest BCUT2D eigenvalue weighted by atomic mass is 19.1. The Labute approximate surface area is 106 Å². The molecule has 1 fully saturated rings. The third-order valence-corrected chi connectivity index (χ3v) is 3.56. The smallest absolute Gasteiger partial charge is 0.228 e. The highest BCUT2D eigenvalue weighted by molar-refractivity contribution is 5.85. The van der Waals surface area contributed by atoms with Crippen molar-refractivity contribution in [3.05, 3.63) is 35.1 Å². The minimum absolute atomic E-state index is 0.0659. The number of amides is 1. The number of halogens is 1. The van der Waals surface area contributed by atoms with Crippen LogP contribution in [0.1, 0.15) is 24.0 Å². The summed E-state index contributed by atoms with van der Waals surface area (Å²) in [5.41, 5.74) is 1.11. The summed E-state index contributed by atoms with van der Waals surface area (Å²) in [6.45, 7) is 2.17. The Morgan fingerprint density at radius 3 is 2.78 bits per heavy atom. The molecule has 0 aliphatic heterocycles. The van der Waals surface area contributed by atoms with E-state index in [9.17, 15) is 9.18 Å². The molecule has 1 aliphatic rings. The highest BCUT2D eigenvalue weighted by Crippen LogP contribution is 2.45. The summed E-state index contributed by atoms with van der Waals surface area (Å²) in [6, 6.07) is 4.97. The predicted octanol–water partition coefficient (Wildman–Crippen LogP) is 1.57. The molecular formula is C14H18FNO2. The van der Waals surface area contributed by atoms with Crippen LogP contribution in [0.15, 0.2) is 18.2 Å². The Morgan fingerprint density at radius 1 is 1.50 bits per heavy atom. The molecule has 0 atom stereocenters. The van der Waals surface area contributed by atoms with Crippen molar-refractivity contribution < 1.29 is 14.3 Å². The minimum Gasteiger partial charge on any atom is -0.395 e. The van der Waals surface area contributed by atoms with Crippen molar-refractivity contribution in [2.45, 2.75) is 26.2 Å². The highest BCUT2D eigenvalue weighted by Gasteiger charge is 2.49. The van der Waals surface area contributed by atoms with Crippen molar-refractivity contribution in [2.24, 2.45) is 5.41 Å². The van der Waals surface area contributed by atoms with E-state index >= 15 is 0 Å². The summed E-state index contributed by atoms with van der Waals surface area (Å²) in [7, 11) is 0. The van der Waals surface area contributed by atoms with Crippen LogP contribution in [0.5, 0.6) is 0 Å². The molecule has 98 valence electrons. The first-order chi connectivity index (χ1) is 8.57. The number of hydrogen-bond donors (Lipinski definition) is 2. The maximum Gasteiger partial charge on any atom is 0.228 e. The molecule has 0 saturated heterocycles. The van der Waals surface area contributed by atoms with Crippen LogP contribution in [-0.4, -0.2) is 24.2 Å². The van der Waals surface area contributed by atoms with Crippen LogP contribution >= 0.6 is 0 Å². The molecule has 4 heteroatoms. The number of aliphatic hydroxyl groups excluding tert-OH is 1. The first kappa shape index (κ1) is 13.0. The van der Waals surface area contributed by atoms with E-state index in [1.54, 1.807) is 19.1 Å².